The van der Waals surface area contributed by atoms with Crippen LogP contribution < -0.4 is 0 Å². The molecule has 5 atom stereocenters. The van der Waals surface area contributed by atoms with E-state index in [2.05, 4.69) is 0 Å². The summed E-state index contributed by atoms with van der Waals surface area (Å²) in [6.45, 7) is 13.1. The Hall–Kier alpha value is -0.00312. The summed E-state index contributed by atoms with van der Waals surface area (Å²) in [5.74, 6) is -1.25. The van der Waals surface area contributed by atoms with Crippen LogP contribution in [-0.2, 0) is 32.2 Å². The van der Waals surface area contributed by atoms with E-state index in [-0.39, 0.29) is 5.04 Å². The summed E-state index contributed by atoms with van der Waals surface area (Å²) in [7, 11) is -3.81. The van der Waals surface area contributed by atoms with Gasteiger partial charge in [-0.3, -0.25) is 4.57 Å². The Morgan fingerprint density at radius 2 is 1.53 bits per heavy atom. The van der Waals surface area contributed by atoms with Gasteiger partial charge >= 0.3 is 13.8 Å². The summed E-state index contributed by atoms with van der Waals surface area (Å²) in [4.78, 5) is 0. The lowest BCUT2D eigenvalue weighted by atomic mass is 9.95. The van der Waals surface area contributed by atoms with Crippen molar-refractivity contribution in [2.75, 3.05) is 20.4 Å². The van der Waals surface area contributed by atoms with E-state index in [1.54, 1.807) is 13.8 Å². The summed E-state index contributed by atoms with van der Waals surface area (Å²) >= 11 is 0. The molecule has 0 aromatic carbocycles. The smallest absolute Gasteiger partial charge is 0.408 e. The lowest BCUT2D eigenvalue weighted by Gasteiger charge is -2.48. The van der Waals surface area contributed by atoms with E-state index in [1.165, 1.54) is 14.2 Å². The van der Waals surface area contributed by atoms with E-state index >= 15 is 0 Å². The molecule has 7 nitrogen and oxygen atoms in total. The predicted octanol–water partition coefficient (Wildman–Crippen LogP) is 4.71. The second-order valence-electron chi connectivity index (χ2n) is 9.70. The van der Waals surface area contributed by atoms with Crippen LogP contribution in [0.3, 0.4) is 0 Å². The van der Waals surface area contributed by atoms with Crippen molar-refractivity contribution in [2.24, 2.45) is 0 Å². The highest BCUT2D eigenvalue weighted by atomic mass is 31.2. The van der Waals surface area contributed by atoms with Crippen molar-refractivity contribution in [3.05, 3.63) is 0 Å². The van der Waals surface area contributed by atoms with E-state index in [9.17, 15) is 17.7 Å². The van der Waals surface area contributed by atoms with Gasteiger partial charge in [-0.1, -0.05) is 20.8 Å². The first kappa shape index (κ1) is 26.3. The molecule has 0 spiro atoms. The van der Waals surface area contributed by atoms with Crippen LogP contribution in [0.2, 0.25) is 18.1 Å². The molecule has 2 fully saturated rings. The van der Waals surface area contributed by atoms with Crippen molar-refractivity contribution >= 4 is 15.9 Å². The Bertz CT molecular complexity index is 657. The monoisotopic (exact) mass is 478 g/mol. The van der Waals surface area contributed by atoms with Gasteiger partial charge in [-0.15, -0.1) is 0 Å². The molecular weight excluding hydrogens is 444 g/mol. The zero-order valence-corrected chi connectivity index (χ0v) is 20.9. The van der Waals surface area contributed by atoms with Crippen LogP contribution in [0.4, 0.5) is 13.2 Å². The van der Waals surface area contributed by atoms with Crippen LogP contribution in [-0.4, -0.2) is 71.2 Å². The van der Waals surface area contributed by atoms with Crippen LogP contribution in [0.15, 0.2) is 0 Å². The van der Waals surface area contributed by atoms with Gasteiger partial charge in [0.25, 0.3) is 0 Å². The van der Waals surface area contributed by atoms with Crippen LogP contribution in [0.1, 0.15) is 34.6 Å². The molecule has 30 heavy (non-hydrogen) atoms. The molecule has 0 aliphatic carbocycles. The highest BCUT2D eigenvalue weighted by Crippen LogP contribution is 2.52. The van der Waals surface area contributed by atoms with Crippen LogP contribution in [0, 0.1) is 0 Å². The van der Waals surface area contributed by atoms with E-state index in [1.807, 2.05) is 33.9 Å². The Balaban J connectivity index is 2.50. The molecule has 0 N–H and O–H groups in total. The number of fused-ring (bicyclic) bond motifs is 1. The molecule has 0 aromatic heterocycles. The zero-order chi connectivity index (χ0) is 23.3. The van der Waals surface area contributed by atoms with Crippen molar-refractivity contribution in [2.45, 2.75) is 95.2 Å². The minimum Gasteiger partial charge on any atom is -0.408 e. The largest absolute Gasteiger partial charge is 0.417 e. The van der Waals surface area contributed by atoms with Crippen LogP contribution >= 0.6 is 7.60 Å². The van der Waals surface area contributed by atoms with E-state index in [4.69, 9.17) is 27.7 Å². The fourth-order valence-electron chi connectivity index (χ4n) is 3.37. The minimum absolute atomic E-state index is 0.227. The van der Waals surface area contributed by atoms with Crippen molar-refractivity contribution in [3.8, 4) is 0 Å². The van der Waals surface area contributed by atoms with Crippen molar-refractivity contribution in [1.29, 1.82) is 0 Å². The molecule has 178 valence electrons. The second-order valence-corrected chi connectivity index (χ2v) is 16.8. The average molecular weight is 479 g/mol. The molecule has 2 aliphatic rings. The fraction of sp³-hybridized carbons (Fsp3) is 1.00. The third kappa shape index (κ3) is 5.48. The normalized spacial score (nSPS) is 32.9. The first-order valence-corrected chi connectivity index (χ1v) is 14.5. The Morgan fingerprint density at radius 3 is 1.97 bits per heavy atom. The summed E-state index contributed by atoms with van der Waals surface area (Å²) in [6, 6.07) is 0. The van der Waals surface area contributed by atoms with Crippen LogP contribution in [0.5, 0.6) is 0 Å². The van der Waals surface area contributed by atoms with Gasteiger partial charge in [-0.05, 0) is 32.0 Å². The number of ether oxygens (including phenoxy) is 3. The Labute approximate surface area is 177 Å². The van der Waals surface area contributed by atoms with Crippen molar-refractivity contribution in [3.63, 3.8) is 0 Å². The molecule has 0 aromatic rings. The van der Waals surface area contributed by atoms with Gasteiger partial charge in [0.2, 0.25) is 0 Å². The van der Waals surface area contributed by atoms with Gasteiger partial charge in [-0.25, -0.2) is 0 Å². The molecule has 0 radical (unpaired) electrons. The topological polar surface area (TPSA) is 72.5 Å². The predicted molar refractivity (Wildman–Crippen MR) is 107 cm³/mol. The first-order chi connectivity index (χ1) is 13.4. The Kier molecular flexibility index (Phi) is 7.36. The lowest BCUT2D eigenvalue weighted by molar-refractivity contribution is -0.290. The summed E-state index contributed by atoms with van der Waals surface area (Å²) < 4.78 is 87.6. The number of hydrogen-bond donors (Lipinski definition) is 0. The molecule has 0 amide bonds. The second kappa shape index (κ2) is 8.41. The van der Waals surface area contributed by atoms with Gasteiger partial charge in [0.15, 0.2) is 20.2 Å². The molecule has 2 rings (SSSR count). The number of alkyl halides is 3. The zero-order valence-electron chi connectivity index (χ0n) is 19.0. The summed E-state index contributed by atoms with van der Waals surface area (Å²) in [5.41, 5.74) is 0. The molecule has 0 unspecified atom stereocenters. The average Bonchev–Trinajstić information content (AvgIpc) is 2.89. The summed E-state index contributed by atoms with van der Waals surface area (Å²) in [6.07, 6.45) is -12.0. The molecule has 0 saturated carbocycles. The van der Waals surface area contributed by atoms with E-state index in [0.717, 1.165) is 0 Å². The highest BCUT2D eigenvalue weighted by Gasteiger charge is 2.64. The van der Waals surface area contributed by atoms with Crippen LogP contribution in [0.25, 0.3) is 0 Å². The maximum Gasteiger partial charge on any atom is 0.417 e. The maximum absolute atomic E-state index is 13.8. The van der Waals surface area contributed by atoms with E-state index < -0.39 is 64.6 Å². The molecule has 2 saturated heterocycles. The molecular formula is C18H34F3O7PSi. The number of rotatable bonds is 6. The molecule has 2 heterocycles. The van der Waals surface area contributed by atoms with Gasteiger partial charge in [0.1, 0.15) is 18.3 Å². The Morgan fingerprint density at radius 1 is 1.03 bits per heavy atom. The number of halogens is 3. The van der Waals surface area contributed by atoms with E-state index in [0.29, 0.717) is 0 Å². The van der Waals surface area contributed by atoms with Gasteiger partial charge in [-0.2, -0.15) is 13.2 Å². The van der Waals surface area contributed by atoms with Gasteiger partial charge < -0.3 is 27.7 Å². The SMILES string of the molecule is COP(=O)(C[C@@H]1O[C@@H](C(F)(F)F)[C@H]2OC(C)(C)O[C@H]2[C@@H]1O[Si](C)(C)C(C)(C)C)OC. The third-order valence-electron chi connectivity index (χ3n) is 5.99. The van der Waals surface area contributed by atoms with Crippen molar-refractivity contribution < 1.29 is 45.4 Å². The standard InChI is InChI=1S/C18H34F3O7PSi/c1-16(2,3)30(8,9)28-12-11(10-29(22,23-6)24-7)25-15(18(19,20)21)14-13(12)26-17(4,5)27-14/h11-15H,10H2,1-9H3/t11-,12+,13-,14-,15+/m0/s1. The van der Waals surface area contributed by atoms with Crippen molar-refractivity contribution in [1.82, 2.24) is 0 Å². The third-order valence-corrected chi connectivity index (χ3v) is 12.4. The highest BCUT2D eigenvalue weighted by molar-refractivity contribution is 7.53. The number of hydrogen-bond acceptors (Lipinski definition) is 7. The minimum atomic E-state index is -4.71. The fourth-order valence-corrected chi connectivity index (χ4v) is 5.88. The quantitative estimate of drug-likeness (QED) is 0.404. The lowest BCUT2D eigenvalue weighted by Crippen LogP contribution is -2.64. The van der Waals surface area contributed by atoms with Gasteiger partial charge in [0, 0.05) is 14.2 Å². The molecule has 12 heteroatoms. The first-order valence-electron chi connectivity index (χ1n) is 9.82. The maximum atomic E-state index is 13.8. The molecule has 2 aliphatic heterocycles. The molecule has 0 bridgehead atoms. The summed E-state index contributed by atoms with van der Waals surface area (Å²) in [5, 5.41) is -0.227. The van der Waals surface area contributed by atoms with Gasteiger partial charge in [0.05, 0.1) is 12.3 Å².